The monoisotopic (exact) mass is 228 g/mol. The lowest BCUT2D eigenvalue weighted by Gasteiger charge is -2.17. The summed E-state index contributed by atoms with van der Waals surface area (Å²) < 4.78 is 0. The first-order valence-electron chi connectivity index (χ1n) is 6.27. The van der Waals surface area contributed by atoms with Crippen LogP contribution in [0.3, 0.4) is 0 Å². The highest BCUT2D eigenvalue weighted by Gasteiger charge is 2.25. The summed E-state index contributed by atoms with van der Waals surface area (Å²) in [5, 5.41) is 11.9. The molecule has 1 heterocycles. The summed E-state index contributed by atoms with van der Waals surface area (Å²) in [6.45, 7) is 6.81. The first-order valence-corrected chi connectivity index (χ1v) is 6.27. The van der Waals surface area contributed by atoms with Gasteiger partial charge in [-0.15, -0.1) is 0 Å². The van der Waals surface area contributed by atoms with Gasteiger partial charge in [0.1, 0.15) is 0 Å². The normalized spacial score (nSPS) is 20.5. The number of hydrogen-bond donors (Lipinski definition) is 2. The second-order valence-electron chi connectivity index (χ2n) is 5.05. The Balaban J connectivity index is 2.11. The van der Waals surface area contributed by atoms with Gasteiger partial charge in [0.05, 0.1) is 0 Å². The molecule has 4 heteroatoms. The van der Waals surface area contributed by atoms with E-state index in [1.807, 2.05) is 0 Å². The summed E-state index contributed by atoms with van der Waals surface area (Å²) in [6, 6.07) is 0.0275. The molecule has 0 aromatic carbocycles. The van der Waals surface area contributed by atoms with E-state index in [1.165, 1.54) is 0 Å². The van der Waals surface area contributed by atoms with E-state index in [9.17, 15) is 4.79 Å². The number of carbonyl (C=O) groups excluding carboxylic acids is 1. The summed E-state index contributed by atoms with van der Waals surface area (Å²) in [7, 11) is 0. The van der Waals surface area contributed by atoms with Crippen molar-refractivity contribution in [3.63, 3.8) is 0 Å². The average Bonchev–Trinajstić information content (AvgIpc) is 2.72. The molecule has 2 N–H and O–H groups in total. The molecule has 0 aliphatic carbocycles. The van der Waals surface area contributed by atoms with Crippen LogP contribution >= 0.6 is 0 Å². The minimum atomic E-state index is 0.0275. The van der Waals surface area contributed by atoms with Crippen LogP contribution in [0.2, 0.25) is 0 Å². The van der Waals surface area contributed by atoms with Gasteiger partial charge in [0.25, 0.3) is 0 Å². The Hall–Kier alpha value is -0.770. The Morgan fingerprint density at radius 1 is 1.56 bits per heavy atom. The van der Waals surface area contributed by atoms with Gasteiger partial charge in [0.2, 0.25) is 0 Å². The summed E-state index contributed by atoms with van der Waals surface area (Å²) in [4.78, 5) is 13.5. The number of urea groups is 1. The predicted molar refractivity (Wildman–Crippen MR) is 64.2 cm³/mol. The van der Waals surface area contributed by atoms with Crippen LogP contribution in [0.4, 0.5) is 4.79 Å². The minimum absolute atomic E-state index is 0.0275. The highest BCUT2D eigenvalue weighted by Crippen LogP contribution is 2.15. The summed E-state index contributed by atoms with van der Waals surface area (Å²) >= 11 is 0. The second kappa shape index (κ2) is 6.74. The molecule has 1 atom stereocenters. The number of likely N-dealkylation sites (tertiary alicyclic amines) is 1. The third-order valence-electron chi connectivity index (χ3n) is 3.07. The van der Waals surface area contributed by atoms with E-state index in [2.05, 4.69) is 19.2 Å². The molecular formula is C12H24N2O2. The number of nitrogens with zero attached hydrogens (tertiary/aromatic N) is 1. The first kappa shape index (κ1) is 13.3. The number of carbonyl (C=O) groups is 1. The second-order valence-corrected chi connectivity index (χ2v) is 5.05. The van der Waals surface area contributed by atoms with Crippen LogP contribution in [0.25, 0.3) is 0 Å². The highest BCUT2D eigenvalue weighted by atomic mass is 16.3. The number of nitrogens with one attached hydrogen (secondary N) is 1. The number of rotatable bonds is 5. The van der Waals surface area contributed by atoms with Crippen LogP contribution in [0, 0.1) is 11.8 Å². The van der Waals surface area contributed by atoms with E-state index in [0.29, 0.717) is 12.5 Å². The van der Waals surface area contributed by atoms with Crippen molar-refractivity contribution in [3.8, 4) is 0 Å². The van der Waals surface area contributed by atoms with E-state index in [4.69, 9.17) is 5.11 Å². The summed E-state index contributed by atoms with van der Waals surface area (Å²) in [5.74, 6) is 0.976. The fourth-order valence-electron chi connectivity index (χ4n) is 1.98. The molecule has 1 aliphatic heterocycles. The van der Waals surface area contributed by atoms with E-state index in [-0.39, 0.29) is 18.6 Å². The molecule has 1 unspecified atom stereocenters. The number of aliphatic hydroxyl groups excluding tert-OH is 1. The molecule has 16 heavy (non-hydrogen) atoms. The molecule has 0 saturated carbocycles. The van der Waals surface area contributed by atoms with Crippen LogP contribution in [0.1, 0.15) is 33.1 Å². The standard InChI is InChI=1S/C12H24N2O2/c1-10(2)4-3-6-13-12(16)14-7-5-11(8-14)9-15/h10-11,15H,3-9H2,1-2H3,(H,13,16). The zero-order valence-corrected chi connectivity index (χ0v) is 10.4. The molecule has 0 aromatic heterocycles. The maximum atomic E-state index is 11.7. The van der Waals surface area contributed by atoms with Crippen molar-refractivity contribution in [1.29, 1.82) is 0 Å². The van der Waals surface area contributed by atoms with Gasteiger partial charge in [-0.05, 0) is 25.2 Å². The molecule has 4 nitrogen and oxygen atoms in total. The molecule has 1 aliphatic rings. The highest BCUT2D eigenvalue weighted by molar-refractivity contribution is 5.74. The molecule has 0 spiro atoms. The van der Waals surface area contributed by atoms with Crippen molar-refractivity contribution in [2.75, 3.05) is 26.2 Å². The van der Waals surface area contributed by atoms with Gasteiger partial charge >= 0.3 is 6.03 Å². The lowest BCUT2D eigenvalue weighted by molar-refractivity contribution is 0.198. The Morgan fingerprint density at radius 3 is 2.88 bits per heavy atom. The summed E-state index contributed by atoms with van der Waals surface area (Å²) in [5.41, 5.74) is 0. The van der Waals surface area contributed by atoms with Crippen molar-refractivity contribution in [3.05, 3.63) is 0 Å². The maximum Gasteiger partial charge on any atom is 0.317 e. The predicted octanol–water partition coefficient (Wildman–Crippen LogP) is 1.45. The molecule has 0 radical (unpaired) electrons. The minimum Gasteiger partial charge on any atom is -0.396 e. The summed E-state index contributed by atoms with van der Waals surface area (Å²) in [6.07, 6.45) is 3.12. The van der Waals surface area contributed by atoms with Gasteiger partial charge in [0.15, 0.2) is 0 Å². The smallest absolute Gasteiger partial charge is 0.317 e. The van der Waals surface area contributed by atoms with Crippen LogP contribution in [-0.2, 0) is 0 Å². The Kier molecular flexibility index (Phi) is 5.60. The lowest BCUT2D eigenvalue weighted by Crippen LogP contribution is -2.39. The van der Waals surface area contributed by atoms with Crippen LogP contribution < -0.4 is 5.32 Å². The van der Waals surface area contributed by atoms with Crippen LogP contribution in [0.15, 0.2) is 0 Å². The van der Waals surface area contributed by atoms with E-state index in [1.54, 1.807) is 4.90 Å². The largest absolute Gasteiger partial charge is 0.396 e. The molecule has 0 aromatic rings. The van der Waals surface area contributed by atoms with E-state index in [0.717, 1.165) is 32.4 Å². The van der Waals surface area contributed by atoms with Crippen molar-refractivity contribution in [2.24, 2.45) is 11.8 Å². The lowest BCUT2D eigenvalue weighted by atomic mass is 10.1. The molecule has 2 amide bonds. The van der Waals surface area contributed by atoms with Gasteiger partial charge in [-0.1, -0.05) is 13.8 Å². The van der Waals surface area contributed by atoms with E-state index >= 15 is 0 Å². The van der Waals surface area contributed by atoms with Crippen molar-refractivity contribution < 1.29 is 9.90 Å². The third-order valence-corrected chi connectivity index (χ3v) is 3.07. The van der Waals surface area contributed by atoms with Gasteiger partial charge in [-0.3, -0.25) is 0 Å². The molecule has 0 bridgehead atoms. The molecule has 1 fully saturated rings. The molecular weight excluding hydrogens is 204 g/mol. The number of aliphatic hydroxyl groups is 1. The fraction of sp³-hybridized carbons (Fsp3) is 0.917. The third kappa shape index (κ3) is 4.39. The van der Waals surface area contributed by atoms with Gasteiger partial charge < -0.3 is 15.3 Å². The van der Waals surface area contributed by atoms with Crippen LogP contribution in [0.5, 0.6) is 0 Å². The van der Waals surface area contributed by atoms with Gasteiger partial charge in [-0.25, -0.2) is 4.79 Å². The zero-order valence-electron chi connectivity index (χ0n) is 10.4. The van der Waals surface area contributed by atoms with Crippen molar-refractivity contribution >= 4 is 6.03 Å². The van der Waals surface area contributed by atoms with Gasteiger partial charge in [-0.2, -0.15) is 0 Å². The first-order chi connectivity index (χ1) is 7.63. The molecule has 1 rings (SSSR count). The molecule has 1 saturated heterocycles. The SMILES string of the molecule is CC(C)CCCNC(=O)N1CCC(CO)C1. The Labute approximate surface area is 98.0 Å². The Morgan fingerprint density at radius 2 is 2.31 bits per heavy atom. The van der Waals surface area contributed by atoms with Crippen molar-refractivity contribution in [2.45, 2.75) is 33.1 Å². The van der Waals surface area contributed by atoms with Gasteiger partial charge in [0, 0.05) is 32.2 Å². The zero-order chi connectivity index (χ0) is 12.0. The average molecular weight is 228 g/mol. The topological polar surface area (TPSA) is 52.6 Å². The molecule has 94 valence electrons. The quantitative estimate of drug-likeness (QED) is 0.700. The maximum absolute atomic E-state index is 11.7. The fourth-order valence-corrected chi connectivity index (χ4v) is 1.98. The number of amides is 2. The van der Waals surface area contributed by atoms with E-state index < -0.39 is 0 Å². The van der Waals surface area contributed by atoms with Crippen molar-refractivity contribution in [1.82, 2.24) is 10.2 Å². The Bertz CT molecular complexity index is 219. The van der Waals surface area contributed by atoms with Crippen LogP contribution in [-0.4, -0.2) is 42.3 Å². The number of hydrogen-bond acceptors (Lipinski definition) is 2.